The van der Waals surface area contributed by atoms with E-state index in [0.717, 1.165) is 16.0 Å². The lowest BCUT2D eigenvalue weighted by atomic mass is 10.2. The van der Waals surface area contributed by atoms with Crippen LogP contribution >= 0.6 is 11.3 Å². The Morgan fingerprint density at radius 2 is 1.92 bits per heavy atom. The molecule has 0 fully saturated rings. The summed E-state index contributed by atoms with van der Waals surface area (Å²) in [7, 11) is -3.60. The van der Waals surface area contributed by atoms with Gasteiger partial charge in [-0.25, -0.2) is 8.42 Å². The minimum absolute atomic E-state index is 0.0766. The van der Waals surface area contributed by atoms with Crippen molar-refractivity contribution in [3.63, 3.8) is 0 Å². The van der Waals surface area contributed by atoms with Crippen molar-refractivity contribution in [2.75, 3.05) is 6.54 Å². The summed E-state index contributed by atoms with van der Waals surface area (Å²) in [6.45, 7) is 7.32. The molecule has 0 saturated heterocycles. The number of sulfone groups is 1. The van der Waals surface area contributed by atoms with Crippen molar-refractivity contribution in [1.29, 1.82) is 0 Å². The van der Waals surface area contributed by atoms with Crippen molar-refractivity contribution >= 4 is 27.1 Å². The predicted molar refractivity (Wildman–Crippen MR) is 98.0 cm³/mol. The van der Waals surface area contributed by atoms with E-state index in [1.54, 1.807) is 32.9 Å². The van der Waals surface area contributed by atoms with Gasteiger partial charge in [0.2, 0.25) is 5.91 Å². The van der Waals surface area contributed by atoms with E-state index in [1.165, 1.54) is 11.3 Å². The van der Waals surface area contributed by atoms with E-state index in [0.29, 0.717) is 4.90 Å². The molecule has 2 aromatic rings. The van der Waals surface area contributed by atoms with Crippen LogP contribution in [0.2, 0.25) is 0 Å². The number of aryl methyl sites for hydroxylation is 2. The normalized spacial score (nSPS) is 13.0. The fourth-order valence-electron chi connectivity index (χ4n) is 2.40. The molecule has 2 rings (SSSR count). The smallest absolute Gasteiger partial charge is 0.222 e. The summed E-state index contributed by atoms with van der Waals surface area (Å²) in [4.78, 5) is 13.0. The number of rotatable bonds is 6. The zero-order valence-corrected chi connectivity index (χ0v) is 16.0. The molecular formula is C18H23NO3S2. The molecule has 4 nitrogen and oxygen atoms in total. The average molecular weight is 366 g/mol. The summed E-state index contributed by atoms with van der Waals surface area (Å²) in [6, 6.07) is 9.06. The summed E-state index contributed by atoms with van der Waals surface area (Å²) in [5.74, 6) is -0.329. The molecule has 0 radical (unpaired) electrons. The summed E-state index contributed by atoms with van der Waals surface area (Å²) >= 11 is 1.39. The van der Waals surface area contributed by atoms with Crippen LogP contribution in [0.1, 0.15) is 35.1 Å². The predicted octanol–water partition coefficient (Wildman–Crippen LogP) is 3.65. The Kier molecular flexibility index (Phi) is 5.83. The maximum Gasteiger partial charge on any atom is 0.222 e. The van der Waals surface area contributed by atoms with Gasteiger partial charge < -0.3 is 5.32 Å². The molecular weight excluding hydrogens is 342 g/mol. The van der Waals surface area contributed by atoms with Crippen LogP contribution in [-0.4, -0.2) is 20.9 Å². The van der Waals surface area contributed by atoms with Crippen molar-refractivity contribution in [2.45, 2.75) is 37.8 Å². The monoisotopic (exact) mass is 365 g/mol. The van der Waals surface area contributed by atoms with Crippen LogP contribution in [0.15, 0.2) is 40.6 Å². The lowest BCUT2D eigenvalue weighted by molar-refractivity contribution is -0.123. The number of hydrogen-bond acceptors (Lipinski definition) is 4. The van der Waals surface area contributed by atoms with E-state index in [1.807, 2.05) is 30.5 Å². The summed E-state index contributed by atoms with van der Waals surface area (Å²) in [6.07, 6.45) is 0. The third-order valence-corrected chi connectivity index (χ3v) is 7.23. The Balaban J connectivity index is 2.42. The molecule has 24 heavy (non-hydrogen) atoms. The molecule has 1 aromatic heterocycles. The lowest BCUT2D eigenvalue weighted by Crippen LogP contribution is -2.34. The van der Waals surface area contributed by atoms with Crippen molar-refractivity contribution in [2.24, 2.45) is 5.92 Å². The van der Waals surface area contributed by atoms with Gasteiger partial charge in [0.1, 0.15) is 5.25 Å². The minimum Gasteiger partial charge on any atom is -0.354 e. The molecule has 1 amide bonds. The molecule has 1 atom stereocenters. The van der Waals surface area contributed by atoms with E-state index in [9.17, 15) is 13.2 Å². The van der Waals surface area contributed by atoms with Crippen LogP contribution < -0.4 is 5.32 Å². The molecule has 0 spiro atoms. The second-order valence-corrected chi connectivity index (χ2v) is 9.30. The summed E-state index contributed by atoms with van der Waals surface area (Å²) in [5.41, 5.74) is 1.62. The molecule has 1 aromatic carbocycles. The van der Waals surface area contributed by atoms with Gasteiger partial charge in [0.25, 0.3) is 0 Å². The quantitative estimate of drug-likeness (QED) is 0.850. The Bertz CT molecular complexity index is 809. The van der Waals surface area contributed by atoms with Crippen LogP contribution in [0.5, 0.6) is 0 Å². The first-order valence-electron chi connectivity index (χ1n) is 7.85. The van der Waals surface area contributed by atoms with Crippen LogP contribution in [-0.2, 0) is 14.6 Å². The SMILES string of the molecule is Cc1ccc(C)c(S(=O)(=O)[C@H](CNC(=O)C(C)C)c2cccs2)c1. The molecule has 0 bridgehead atoms. The van der Waals surface area contributed by atoms with Crippen LogP contribution in [0.4, 0.5) is 0 Å². The number of hydrogen-bond donors (Lipinski definition) is 1. The van der Waals surface area contributed by atoms with Gasteiger partial charge in [-0.3, -0.25) is 4.79 Å². The van der Waals surface area contributed by atoms with Gasteiger partial charge in [-0.2, -0.15) is 0 Å². The molecule has 1 N–H and O–H groups in total. The number of carbonyl (C=O) groups is 1. The number of thiophene rings is 1. The lowest BCUT2D eigenvalue weighted by Gasteiger charge is -2.19. The first-order chi connectivity index (χ1) is 11.2. The summed E-state index contributed by atoms with van der Waals surface area (Å²) in [5, 5.41) is 3.84. The van der Waals surface area contributed by atoms with E-state index in [-0.39, 0.29) is 18.4 Å². The van der Waals surface area contributed by atoms with Crippen molar-refractivity contribution < 1.29 is 13.2 Å². The standard InChI is InChI=1S/C18H23NO3S2/c1-12(2)18(20)19-11-17(15-6-5-9-23-15)24(21,22)16-10-13(3)7-8-14(16)4/h5-10,12,17H,11H2,1-4H3,(H,19,20)/t17-/m1/s1. The van der Waals surface area contributed by atoms with E-state index in [2.05, 4.69) is 5.32 Å². The molecule has 130 valence electrons. The maximum atomic E-state index is 13.2. The largest absolute Gasteiger partial charge is 0.354 e. The van der Waals surface area contributed by atoms with E-state index < -0.39 is 15.1 Å². The van der Waals surface area contributed by atoms with E-state index in [4.69, 9.17) is 0 Å². The Hall–Kier alpha value is -1.66. The van der Waals surface area contributed by atoms with Gasteiger partial charge in [-0.05, 0) is 42.5 Å². The molecule has 6 heteroatoms. The second-order valence-electron chi connectivity index (χ2n) is 6.22. The maximum absolute atomic E-state index is 13.2. The average Bonchev–Trinajstić information content (AvgIpc) is 3.03. The van der Waals surface area contributed by atoms with Crippen LogP contribution in [0, 0.1) is 19.8 Å². The topological polar surface area (TPSA) is 63.2 Å². The van der Waals surface area contributed by atoms with Crippen LogP contribution in [0.25, 0.3) is 0 Å². The fourth-order valence-corrected chi connectivity index (χ4v) is 5.52. The van der Waals surface area contributed by atoms with Crippen molar-refractivity contribution in [1.82, 2.24) is 5.32 Å². The zero-order chi connectivity index (χ0) is 17.9. The van der Waals surface area contributed by atoms with Gasteiger partial charge in [-0.1, -0.05) is 32.0 Å². The van der Waals surface area contributed by atoms with Gasteiger partial charge >= 0.3 is 0 Å². The minimum atomic E-state index is -3.60. The zero-order valence-electron chi connectivity index (χ0n) is 14.4. The number of amides is 1. The second kappa shape index (κ2) is 7.49. The third kappa shape index (κ3) is 4.05. The molecule has 0 saturated carbocycles. The third-order valence-electron chi connectivity index (χ3n) is 3.87. The van der Waals surface area contributed by atoms with Crippen molar-refractivity contribution in [3.05, 3.63) is 51.7 Å². The highest BCUT2D eigenvalue weighted by Gasteiger charge is 2.31. The van der Waals surface area contributed by atoms with Gasteiger partial charge in [0.05, 0.1) is 4.90 Å². The van der Waals surface area contributed by atoms with Gasteiger partial charge in [0.15, 0.2) is 9.84 Å². The Morgan fingerprint density at radius 3 is 2.50 bits per heavy atom. The molecule has 0 aliphatic rings. The number of nitrogens with one attached hydrogen (secondary N) is 1. The van der Waals surface area contributed by atoms with Gasteiger partial charge in [0, 0.05) is 17.3 Å². The molecule has 1 heterocycles. The molecule has 0 unspecified atom stereocenters. The Morgan fingerprint density at radius 1 is 1.21 bits per heavy atom. The van der Waals surface area contributed by atoms with E-state index >= 15 is 0 Å². The highest BCUT2D eigenvalue weighted by atomic mass is 32.2. The molecule has 0 aliphatic heterocycles. The highest BCUT2D eigenvalue weighted by molar-refractivity contribution is 7.92. The Labute approximate surface area is 147 Å². The highest BCUT2D eigenvalue weighted by Crippen LogP contribution is 2.33. The number of carbonyl (C=O) groups excluding carboxylic acids is 1. The van der Waals surface area contributed by atoms with Gasteiger partial charge in [-0.15, -0.1) is 11.3 Å². The van der Waals surface area contributed by atoms with Crippen LogP contribution in [0.3, 0.4) is 0 Å². The number of benzene rings is 1. The fraction of sp³-hybridized carbons (Fsp3) is 0.389. The first-order valence-corrected chi connectivity index (χ1v) is 10.3. The summed E-state index contributed by atoms with van der Waals surface area (Å²) < 4.78 is 26.5. The van der Waals surface area contributed by atoms with Crippen molar-refractivity contribution in [3.8, 4) is 0 Å². The first kappa shape index (κ1) is 18.7. The molecule has 0 aliphatic carbocycles.